The average Bonchev–Trinajstić information content (AvgIpc) is 2.58. The molecule has 148 valence electrons. The third kappa shape index (κ3) is 5.50. The summed E-state index contributed by atoms with van der Waals surface area (Å²) in [5, 5.41) is 0. The predicted octanol–water partition coefficient (Wildman–Crippen LogP) is 4.38. The zero-order chi connectivity index (χ0) is 20.0. The van der Waals surface area contributed by atoms with E-state index in [4.69, 9.17) is 9.47 Å². The van der Waals surface area contributed by atoms with E-state index in [0.717, 1.165) is 12.8 Å². The highest BCUT2D eigenvalue weighted by Gasteiger charge is 2.50. The Kier molecular flexibility index (Phi) is 8.19. The molecule has 0 spiro atoms. The summed E-state index contributed by atoms with van der Waals surface area (Å²) in [7, 11) is 1.65. The number of unbranched alkanes of at least 4 members (excludes halogenated alkanes) is 3. The largest absolute Gasteiger partial charge is 0.430 e. The van der Waals surface area contributed by atoms with E-state index in [0.29, 0.717) is 6.42 Å². The Labute approximate surface area is 157 Å². The fourth-order valence-electron chi connectivity index (χ4n) is 3.27. The molecule has 0 fully saturated rings. The molecule has 0 amide bonds. The number of esters is 1. The lowest BCUT2D eigenvalue weighted by Gasteiger charge is -2.36. The minimum absolute atomic E-state index is 0.0231. The third-order valence-electron chi connectivity index (χ3n) is 5.24. The Hall–Kier alpha value is -1.49. The molecule has 5 heteroatoms. The van der Waals surface area contributed by atoms with Crippen LogP contribution >= 0.6 is 0 Å². The van der Waals surface area contributed by atoms with Crippen molar-refractivity contribution in [3.63, 3.8) is 0 Å². The quantitative estimate of drug-likeness (QED) is 0.326. The van der Waals surface area contributed by atoms with Crippen LogP contribution in [-0.4, -0.2) is 30.7 Å². The Morgan fingerprint density at radius 3 is 2.27 bits per heavy atom. The van der Waals surface area contributed by atoms with Crippen molar-refractivity contribution < 1.29 is 23.9 Å². The van der Waals surface area contributed by atoms with Gasteiger partial charge in [-0.3, -0.25) is 14.4 Å². The van der Waals surface area contributed by atoms with Gasteiger partial charge in [0.2, 0.25) is 0 Å². The van der Waals surface area contributed by atoms with Gasteiger partial charge in [0.15, 0.2) is 11.6 Å². The molecular formula is C21H34O5. The van der Waals surface area contributed by atoms with Crippen LogP contribution in [0, 0.1) is 10.8 Å². The zero-order valence-electron chi connectivity index (χ0n) is 17.1. The molecule has 1 unspecified atom stereocenters. The van der Waals surface area contributed by atoms with E-state index < -0.39 is 16.8 Å². The van der Waals surface area contributed by atoms with Crippen molar-refractivity contribution in [3.05, 3.63) is 11.8 Å². The van der Waals surface area contributed by atoms with E-state index >= 15 is 0 Å². The van der Waals surface area contributed by atoms with Crippen LogP contribution in [0.15, 0.2) is 11.8 Å². The summed E-state index contributed by atoms with van der Waals surface area (Å²) in [6.45, 7) is 8.76. The number of ether oxygens (including phenoxy) is 2. The molecule has 1 aliphatic carbocycles. The summed E-state index contributed by atoms with van der Waals surface area (Å²) in [5.41, 5.74) is -2.08. The lowest BCUT2D eigenvalue weighted by molar-refractivity contribution is -0.149. The van der Waals surface area contributed by atoms with E-state index in [2.05, 4.69) is 6.92 Å². The monoisotopic (exact) mass is 366 g/mol. The number of methoxy groups -OCH3 is 1. The second kappa shape index (κ2) is 9.45. The highest BCUT2D eigenvalue weighted by Crippen LogP contribution is 2.41. The van der Waals surface area contributed by atoms with E-state index in [1.165, 1.54) is 25.3 Å². The van der Waals surface area contributed by atoms with Crippen LogP contribution in [0.25, 0.3) is 0 Å². The van der Waals surface area contributed by atoms with Crippen molar-refractivity contribution in [2.24, 2.45) is 10.8 Å². The van der Waals surface area contributed by atoms with Gasteiger partial charge in [0.05, 0.1) is 16.9 Å². The van der Waals surface area contributed by atoms with Crippen molar-refractivity contribution in [1.29, 1.82) is 0 Å². The number of carbonyl (C=O) groups excluding carboxylic acids is 3. The standard InChI is InChI=1S/C21H34O5/c1-7-8-9-10-11-15(25-6)12-13-18(23)26-17-14-16(22)20(2,3)19(24)21(17,4)5/h14-15H,7-13H2,1-6H3. The van der Waals surface area contributed by atoms with Crippen LogP contribution < -0.4 is 0 Å². The SMILES string of the molecule is CCCCCCC(CCC(=O)OC1=CC(=O)C(C)(C)C(=O)C1(C)C)OC. The molecule has 26 heavy (non-hydrogen) atoms. The molecule has 1 rings (SSSR count). The maximum Gasteiger partial charge on any atom is 0.310 e. The second-order valence-electron chi connectivity index (χ2n) is 8.17. The predicted molar refractivity (Wildman–Crippen MR) is 101 cm³/mol. The molecule has 0 saturated carbocycles. The minimum Gasteiger partial charge on any atom is -0.430 e. The minimum atomic E-state index is -1.08. The number of ketones is 2. The fraction of sp³-hybridized carbons (Fsp3) is 0.762. The second-order valence-corrected chi connectivity index (χ2v) is 8.17. The summed E-state index contributed by atoms with van der Waals surface area (Å²) in [6.07, 6.45) is 7.66. The molecule has 0 aromatic rings. The maximum absolute atomic E-state index is 12.6. The first kappa shape index (κ1) is 22.6. The van der Waals surface area contributed by atoms with Gasteiger partial charge in [0, 0.05) is 19.6 Å². The van der Waals surface area contributed by atoms with Gasteiger partial charge in [-0.2, -0.15) is 0 Å². The number of allylic oxidation sites excluding steroid dienone is 2. The van der Waals surface area contributed by atoms with E-state index in [1.54, 1.807) is 34.8 Å². The molecule has 0 aliphatic heterocycles. The van der Waals surface area contributed by atoms with Crippen LogP contribution in [0.5, 0.6) is 0 Å². The molecule has 1 aliphatic rings. The average molecular weight is 366 g/mol. The number of carbonyl (C=O) groups is 3. The van der Waals surface area contributed by atoms with Crippen molar-refractivity contribution in [2.45, 2.75) is 85.7 Å². The van der Waals surface area contributed by atoms with Gasteiger partial charge in [0.25, 0.3) is 0 Å². The van der Waals surface area contributed by atoms with Crippen LogP contribution in [0.3, 0.4) is 0 Å². The first-order chi connectivity index (χ1) is 12.1. The van der Waals surface area contributed by atoms with E-state index in [1.807, 2.05) is 0 Å². The molecule has 0 aromatic carbocycles. The van der Waals surface area contributed by atoms with Gasteiger partial charge in [-0.25, -0.2) is 0 Å². The van der Waals surface area contributed by atoms with Crippen LogP contribution in [-0.2, 0) is 23.9 Å². The van der Waals surface area contributed by atoms with Gasteiger partial charge < -0.3 is 9.47 Å². The van der Waals surface area contributed by atoms with Crippen LogP contribution in [0.1, 0.15) is 79.6 Å². The maximum atomic E-state index is 12.6. The first-order valence-corrected chi connectivity index (χ1v) is 9.62. The van der Waals surface area contributed by atoms with Gasteiger partial charge in [0.1, 0.15) is 5.76 Å². The summed E-state index contributed by atoms with van der Waals surface area (Å²) >= 11 is 0. The topological polar surface area (TPSA) is 69.7 Å². The van der Waals surface area contributed by atoms with Gasteiger partial charge in [-0.05, 0) is 40.5 Å². The van der Waals surface area contributed by atoms with E-state index in [9.17, 15) is 14.4 Å². The van der Waals surface area contributed by atoms with Crippen LogP contribution in [0.2, 0.25) is 0 Å². The molecule has 0 bridgehead atoms. The number of hydrogen-bond acceptors (Lipinski definition) is 5. The molecule has 0 N–H and O–H groups in total. The smallest absolute Gasteiger partial charge is 0.310 e. The Morgan fingerprint density at radius 2 is 1.69 bits per heavy atom. The lowest BCUT2D eigenvalue weighted by Crippen LogP contribution is -2.47. The summed E-state index contributed by atoms with van der Waals surface area (Å²) in [5.74, 6) is -0.838. The highest BCUT2D eigenvalue weighted by molar-refractivity contribution is 6.16. The third-order valence-corrected chi connectivity index (χ3v) is 5.24. The van der Waals surface area contributed by atoms with Crippen molar-refractivity contribution in [3.8, 4) is 0 Å². The molecule has 1 atom stereocenters. The summed E-state index contributed by atoms with van der Waals surface area (Å²) in [4.78, 5) is 37.0. The lowest BCUT2D eigenvalue weighted by atomic mass is 9.66. The zero-order valence-corrected chi connectivity index (χ0v) is 17.1. The summed E-state index contributed by atoms with van der Waals surface area (Å²) < 4.78 is 10.8. The molecule has 0 saturated heterocycles. The normalized spacial score (nSPS) is 19.8. The Balaban J connectivity index is 2.61. The van der Waals surface area contributed by atoms with Gasteiger partial charge in [-0.15, -0.1) is 0 Å². The number of Topliss-reactive ketones (excluding diaryl/α,β-unsaturated/α-hetero) is 1. The molecular weight excluding hydrogens is 332 g/mol. The van der Waals surface area contributed by atoms with Gasteiger partial charge in [-0.1, -0.05) is 32.6 Å². The Bertz CT molecular complexity index is 557. The van der Waals surface area contributed by atoms with E-state index in [-0.39, 0.29) is 29.9 Å². The molecule has 0 radical (unpaired) electrons. The molecule has 0 aromatic heterocycles. The Morgan fingerprint density at radius 1 is 1.04 bits per heavy atom. The van der Waals surface area contributed by atoms with Crippen molar-refractivity contribution in [2.75, 3.05) is 7.11 Å². The first-order valence-electron chi connectivity index (χ1n) is 9.62. The van der Waals surface area contributed by atoms with Crippen LogP contribution in [0.4, 0.5) is 0 Å². The van der Waals surface area contributed by atoms with Crippen molar-refractivity contribution >= 4 is 17.5 Å². The van der Waals surface area contributed by atoms with Gasteiger partial charge >= 0.3 is 5.97 Å². The van der Waals surface area contributed by atoms with Crippen molar-refractivity contribution in [1.82, 2.24) is 0 Å². The number of hydrogen-bond donors (Lipinski definition) is 0. The fourth-order valence-corrected chi connectivity index (χ4v) is 3.27. The number of rotatable bonds is 10. The molecule has 5 nitrogen and oxygen atoms in total. The summed E-state index contributed by atoms with van der Waals surface area (Å²) in [6, 6.07) is 0. The molecule has 0 heterocycles. The highest BCUT2D eigenvalue weighted by atomic mass is 16.5.